The summed E-state index contributed by atoms with van der Waals surface area (Å²) in [7, 11) is 0. The molecule has 2 atom stereocenters. The number of amidine groups is 1. The van der Waals surface area contributed by atoms with Gasteiger partial charge in [0, 0.05) is 25.1 Å². The van der Waals surface area contributed by atoms with Crippen LogP contribution in [0.1, 0.15) is 26.2 Å². The topological polar surface area (TPSA) is 106 Å². The fraction of sp³-hybridized carbons (Fsp3) is 0.684. The van der Waals surface area contributed by atoms with Crippen molar-refractivity contribution in [2.75, 3.05) is 36.1 Å². The number of aromatic nitrogens is 2. The molecule has 0 spiro atoms. The summed E-state index contributed by atoms with van der Waals surface area (Å²) in [4.78, 5) is 36.0. The second kappa shape index (κ2) is 8.13. The number of nitrogens with zero attached hydrogens (tertiary/aromatic N) is 5. The summed E-state index contributed by atoms with van der Waals surface area (Å²) < 4.78 is 48.0. The molecule has 0 aromatic carbocycles. The van der Waals surface area contributed by atoms with E-state index in [2.05, 4.69) is 9.98 Å². The van der Waals surface area contributed by atoms with Crippen LogP contribution >= 0.6 is 0 Å². The number of fused-ring (bicyclic) bond motifs is 1. The maximum absolute atomic E-state index is 13.8. The molecule has 2 N–H and O–H groups in total. The minimum Gasteiger partial charge on any atom is -0.387 e. The van der Waals surface area contributed by atoms with Gasteiger partial charge in [-0.25, -0.2) is 0 Å². The molecular formula is C19H25F3N6O3. The Morgan fingerprint density at radius 1 is 1.32 bits per heavy atom. The smallest absolute Gasteiger partial charge is 0.387 e. The number of ether oxygens (including phenoxy) is 1. The van der Waals surface area contributed by atoms with E-state index in [0.29, 0.717) is 19.8 Å². The molecule has 1 aromatic rings. The van der Waals surface area contributed by atoms with Crippen LogP contribution in [0.5, 0.6) is 0 Å². The fourth-order valence-electron chi connectivity index (χ4n) is 3.99. The van der Waals surface area contributed by atoms with Crippen molar-refractivity contribution in [2.24, 2.45) is 16.6 Å². The number of alkyl halides is 3. The Hall–Kier alpha value is -2.63. The molecular weight excluding hydrogens is 417 g/mol. The maximum atomic E-state index is 13.8. The van der Waals surface area contributed by atoms with E-state index in [1.165, 1.54) is 10.6 Å². The van der Waals surface area contributed by atoms with Gasteiger partial charge in [-0.3, -0.25) is 14.2 Å². The van der Waals surface area contributed by atoms with Gasteiger partial charge in [0.05, 0.1) is 19.3 Å². The number of carbonyl (C=O) groups is 1. The van der Waals surface area contributed by atoms with Crippen molar-refractivity contribution in [3.63, 3.8) is 0 Å². The lowest BCUT2D eigenvalue weighted by Gasteiger charge is -2.39. The predicted octanol–water partition coefficient (Wildman–Crippen LogP) is 0.903. The van der Waals surface area contributed by atoms with E-state index < -0.39 is 30.2 Å². The van der Waals surface area contributed by atoms with Crippen LogP contribution in [0.4, 0.5) is 24.9 Å². The molecule has 9 nitrogen and oxygen atoms in total. The number of hydrogen-bond acceptors (Lipinski definition) is 6. The standard InChI is InChI=1S/C19H25F3N6O3/c1-11-10-31-7-6-26(11)14-8-16(30)27-5-4-13(19(20,21)22)28(18(27)24-14)9-15(29)25-17(23)12-2-3-12/h8,11-13H,2-7,9-10H2,1H3,(H2,23,25,29). The highest BCUT2D eigenvalue weighted by molar-refractivity contribution is 5.97. The maximum Gasteiger partial charge on any atom is 0.408 e. The molecule has 1 aromatic heterocycles. The predicted molar refractivity (Wildman–Crippen MR) is 107 cm³/mol. The van der Waals surface area contributed by atoms with E-state index in [1.54, 1.807) is 0 Å². The molecule has 3 heterocycles. The first-order valence-electron chi connectivity index (χ1n) is 10.3. The van der Waals surface area contributed by atoms with Gasteiger partial charge in [-0.15, -0.1) is 0 Å². The van der Waals surface area contributed by atoms with Crippen molar-refractivity contribution in [1.29, 1.82) is 0 Å². The first kappa shape index (κ1) is 21.6. The summed E-state index contributed by atoms with van der Waals surface area (Å²) >= 11 is 0. The monoisotopic (exact) mass is 442 g/mol. The Kier molecular flexibility index (Phi) is 5.67. The van der Waals surface area contributed by atoms with Gasteiger partial charge < -0.3 is 20.3 Å². The van der Waals surface area contributed by atoms with Crippen molar-refractivity contribution in [3.05, 3.63) is 16.4 Å². The Bertz CT molecular complexity index is 943. The highest BCUT2D eigenvalue weighted by atomic mass is 19.4. The lowest BCUT2D eigenvalue weighted by Crippen LogP contribution is -2.54. The number of rotatable bonds is 4. The Morgan fingerprint density at radius 2 is 2.06 bits per heavy atom. The molecule has 170 valence electrons. The number of nitrogens with two attached hydrogens (primary N) is 1. The summed E-state index contributed by atoms with van der Waals surface area (Å²) in [6, 6.07) is -0.718. The third-order valence-electron chi connectivity index (χ3n) is 5.83. The van der Waals surface area contributed by atoms with Gasteiger partial charge in [0.1, 0.15) is 24.2 Å². The number of aliphatic imine (C=N–C) groups is 1. The number of anilines is 2. The molecule has 12 heteroatoms. The van der Waals surface area contributed by atoms with E-state index in [1.807, 2.05) is 11.8 Å². The Morgan fingerprint density at radius 3 is 2.71 bits per heavy atom. The average Bonchev–Trinajstić information content (AvgIpc) is 3.53. The molecule has 1 saturated heterocycles. The zero-order chi connectivity index (χ0) is 22.3. The van der Waals surface area contributed by atoms with Gasteiger partial charge in [0.2, 0.25) is 5.95 Å². The highest BCUT2D eigenvalue weighted by Gasteiger charge is 2.47. The second-order valence-electron chi connectivity index (χ2n) is 8.20. The van der Waals surface area contributed by atoms with Crippen molar-refractivity contribution in [1.82, 2.24) is 9.55 Å². The third-order valence-corrected chi connectivity index (χ3v) is 5.83. The van der Waals surface area contributed by atoms with Crippen molar-refractivity contribution in [3.8, 4) is 0 Å². The number of hydrogen-bond donors (Lipinski definition) is 1. The molecule has 1 aliphatic carbocycles. The van der Waals surface area contributed by atoms with Crippen LogP contribution in [-0.4, -0.2) is 65.9 Å². The molecule has 2 fully saturated rings. The van der Waals surface area contributed by atoms with E-state index in [-0.39, 0.29) is 42.5 Å². The van der Waals surface area contributed by atoms with Crippen LogP contribution in [0.2, 0.25) is 0 Å². The second-order valence-corrected chi connectivity index (χ2v) is 8.20. The number of amides is 1. The van der Waals surface area contributed by atoms with Crippen LogP contribution in [-0.2, 0) is 16.1 Å². The highest BCUT2D eigenvalue weighted by Crippen LogP contribution is 2.34. The molecule has 31 heavy (non-hydrogen) atoms. The van der Waals surface area contributed by atoms with Crippen LogP contribution < -0.4 is 21.1 Å². The van der Waals surface area contributed by atoms with Crippen LogP contribution in [0, 0.1) is 5.92 Å². The minimum absolute atomic E-state index is 0.0196. The first-order chi connectivity index (χ1) is 14.6. The van der Waals surface area contributed by atoms with Gasteiger partial charge in [-0.2, -0.15) is 23.1 Å². The molecule has 2 unspecified atom stereocenters. The molecule has 1 amide bonds. The van der Waals surface area contributed by atoms with Gasteiger partial charge in [0.15, 0.2) is 0 Å². The average molecular weight is 442 g/mol. The zero-order valence-corrected chi connectivity index (χ0v) is 17.1. The Labute approximate surface area is 176 Å². The summed E-state index contributed by atoms with van der Waals surface area (Å²) in [6.07, 6.45) is -3.32. The number of carbonyl (C=O) groups excluding carboxylic acids is 1. The molecule has 3 aliphatic rings. The Balaban J connectivity index is 1.71. The van der Waals surface area contributed by atoms with Gasteiger partial charge in [0.25, 0.3) is 11.5 Å². The summed E-state index contributed by atoms with van der Waals surface area (Å²) in [5.74, 6) is -0.527. The molecule has 4 rings (SSSR count). The summed E-state index contributed by atoms with van der Waals surface area (Å²) in [6.45, 7) is 2.39. The number of morpholine rings is 1. The van der Waals surface area contributed by atoms with Gasteiger partial charge in [-0.1, -0.05) is 0 Å². The van der Waals surface area contributed by atoms with Crippen molar-refractivity contribution >= 4 is 23.5 Å². The summed E-state index contributed by atoms with van der Waals surface area (Å²) in [5.41, 5.74) is 5.30. The van der Waals surface area contributed by atoms with Gasteiger partial charge in [-0.05, 0) is 26.2 Å². The van der Waals surface area contributed by atoms with E-state index in [4.69, 9.17) is 10.5 Å². The minimum atomic E-state index is -4.60. The fourth-order valence-corrected chi connectivity index (χ4v) is 3.99. The van der Waals surface area contributed by atoms with Crippen molar-refractivity contribution in [2.45, 2.75) is 51.0 Å². The SMILES string of the molecule is CC1COCCN1c1cc(=O)n2c(n1)N(CC(=O)N=C(N)C1CC1)C(C(F)(F)F)CC2. The number of halogens is 3. The van der Waals surface area contributed by atoms with Crippen LogP contribution in [0.15, 0.2) is 15.9 Å². The van der Waals surface area contributed by atoms with E-state index >= 15 is 0 Å². The van der Waals surface area contributed by atoms with Gasteiger partial charge >= 0.3 is 6.18 Å². The molecule has 2 aliphatic heterocycles. The largest absolute Gasteiger partial charge is 0.408 e. The van der Waals surface area contributed by atoms with Crippen molar-refractivity contribution < 1.29 is 22.7 Å². The molecule has 1 saturated carbocycles. The lowest BCUT2D eigenvalue weighted by molar-refractivity contribution is -0.153. The van der Waals surface area contributed by atoms with E-state index in [9.17, 15) is 22.8 Å². The van der Waals surface area contributed by atoms with Crippen LogP contribution in [0.25, 0.3) is 0 Å². The first-order valence-corrected chi connectivity index (χ1v) is 10.3. The zero-order valence-electron chi connectivity index (χ0n) is 17.1. The lowest BCUT2D eigenvalue weighted by atomic mass is 10.1. The molecule has 0 bridgehead atoms. The third kappa shape index (κ3) is 4.53. The van der Waals surface area contributed by atoms with Crippen LogP contribution in [0.3, 0.4) is 0 Å². The molecule has 0 radical (unpaired) electrons. The normalized spacial score (nSPS) is 24.8. The quantitative estimate of drug-likeness (QED) is 0.546. The summed E-state index contributed by atoms with van der Waals surface area (Å²) in [5, 5.41) is 0. The van der Waals surface area contributed by atoms with E-state index in [0.717, 1.165) is 17.7 Å².